The summed E-state index contributed by atoms with van der Waals surface area (Å²) in [7, 11) is 0. The first-order valence-corrected chi connectivity index (χ1v) is 5.86. The first kappa shape index (κ1) is 14.4. The Hall–Kier alpha value is -2.02. The van der Waals surface area contributed by atoms with Crippen molar-refractivity contribution in [1.29, 1.82) is 0 Å². The fourth-order valence-corrected chi connectivity index (χ4v) is 1.63. The molecule has 20 heavy (non-hydrogen) atoms. The van der Waals surface area contributed by atoms with Gasteiger partial charge in [-0.05, 0) is 38.1 Å². The van der Waals surface area contributed by atoms with E-state index in [2.05, 4.69) is 14.7 Å². The predicted octanol–water partition coefficient (Wildman–Crippen LogP) is 3.17. The molecule has 108 valence electrons. The smallest absolute Gasteiger partial charge is 0.406 e. The number of imidazole rings is 1. The second kappa shape index (κ2) is 4.82. The van der Waals surface area contributed by atoms with Crippen LogP contribution in [0.3, 0.4) is 0 Å². The quantitative estimate of drug-likeness (QED) is 0.910. The molecule has 0 unspecified atom stereocenters. The number of alkyl halides is 3. The molecule has 0 aliphatic rings. The molecule has 0 atom stereocenters. The van der Waals surface area contributed by atoms with Crippen LogP contribution in [-0.2, 0) is 5.54 Å². The summed E-state index contributed by atoms with van der Waals surface area (Å²) in [5, 5.41) is 0. The minimum atomic E-state index is -4.69. The van der Waals surface area contributed by atoms with Crippen LogP contribution in [0, 0.1) is 0 Å². The Bertz CT molecular complexity index is 582. The van der Waals surface area contributed by atoms with Crippen molar-refractivity contribution in [3.05, 3.63) is 36.3 Å². The van der Waals surface area contributed by atoms with E-state index in [4.69, 9.17) is 5.73 Å². The van der Waals surface area contributed by atoms with Gasteiger partial charge in [0.25, 0.3) is 0 Å². The molecule has 7 heteroatoms. The number of benzene rings is 1. The molecule has 3 N–H and O–H groups in total. The van der Waals surface area contributed by atoms with Gasteiger partial charge in [-0.3, -0.25) is 0 Å². The Balaban J connectivity index is 2.20. The highest BCUT2D eigenvalue weighted by molar-refractivity contribution is 5.59. The fraction of sp³-hybridized carbons (Fsp3) is 0.308. The van der Waals surface area contributed by atoms with Crippen LogP contribution in [-0.4, -0.2) is 16.3 Å². The number of hydrogen-bond donors (Lipinski definition) is 2. The largest absolute Gasteiger partial charge is 0.573 e. The zero-order valence-electron chi connectivity index (χ0n) is 11.0. The zero-order valence-corrected chi connectivity index (χ0v) is 11.0. The molecule has 0 radical (unpaired) electrons. The third-order valence-electron chi connectivity index (χ3n) is 2.57. The Morgan fingerprint density at radius 3 is 2.20 bits per heavy atom. The number of aromatic amines is 1. The van der Waals surface area contributed by atoms with Crippen LogP contribution in [0.15, 0.2) is 30.5 Å². The normalized spacial score (nSPS) is 12.5. The van der Waals surface area contributed by atoms with Crippen LogP contribution in [0.25, 0.3) is 11.3 Å². The van der Waals surface area contributed by atoms with Crippen LogP contribution < -0.4 is 10.5 Å². The molecule has 0 amide bonds. The van der Waals surface area contributed by atoms with Gasteiger partial charge in [0.05, 0.1) is 11.2 Å². The van der Waals surface area contributed by atoms with Gasteiger partial charge in [-0.2, -0.15) is 0 Å². The highest BCUT2D eigenvalue weighted by Gasteiger charge is 2.31. The molecule has 0 saturated heterocycles. The zero-order chi connectivity index (χ0) is 15.0. The minimum absolute atomic E-state index is 0.267. The lowest BCUT2D eigenvalue weighted by Crippen LogP contribution is -2.30. The molecule has 1 aromatic carbocycles. The summed E-state index contributed by atoms with van der Waals surface area (Å²) < 4.78 is 39.9. The van der Waals surface area contributed by atoms with Gasteiger partial charge < -0.3 is 15.5 Å². The third kappa shape index (κ3) is 3.51. The number of nitrogens with zero attached hydrogens (tertiary/aromatic N) is 1. The summed E-state index contributed by atoms with van der Waals surface area (Å²) in [5.74, 6) is 0.333. The maximum Gasteiger partial charge on any atom is 0.573 e. The van der Waals surface area contributed by atoms with Gasteiger partial charge in [0.2, 0.25) is 0 Å². The summed E-state index contributed by atoms with van der Waals surface area (Å²) in [6.07, 6.45) is -3.03. The van der Waals surface area contributed by atoms with Crippen molar-refractivity contribution in [2.75, 3.05) is 0 Å². The monoisotopic (exact) mass is 285 g/mol. The maximum absolute atomic E-state index is 12.0. The van der Waals surface area contributed by atoms with Gasteiger partial charge in [0.1, 0.15) is 11.6 Å². The number of aromatic nitrogens is 2. The van der Waals surface area contributed by atoms with Gasteiger partial charge >= 0.3 is 6.36 Å². The number of H-pyrrole nitrogens is 1. The van der Waals surface area contributed by atoms with Crippen molar-refractivity contribution in [3.8, 4) is 17.0 Å². The Morgan fingerprint density at radius 1 is 1.15 bits per heavy atom. The fourth-order valence-electron chi connectivity index (χ4n) is 1.63. The summed E-state index contributed by atoms with van der Waals surface area (Å²) in [6, 6.07) is 5.49. The van der Waals surface area contributed by atoms with Crippen molar-refractivity contribution in [2.45, 2.75) is 25.7 Å². The van der Waals surface area contributed by atoms with Crippen molar-refractivity contribution in [2.24, 2.45) is 5.73 Å². The lowest BCUT2D eigenvalue weighted by atomic mass is 10.1. The van der Waals surface area contributed by atoms with Gasteiger partial charge in [-0.25, -0.2) is 4.98 Å². The number of nitrogens with one attached hydrogen (secondary N) is 1. The average molecular weight is 285 g/mol. The third-order valence-corrected chi connectivity index (χ3v) is 2.57. The molecule has 0 aliphatic carbocycles. The molecule has 0 aliphatic heterocycles. The van der Waals surface area contributed by atoms with Crippen LogP contribution >= 0.6 is 0 Å². The molecule has 0 bridgehead atoms. The highest BCUT2D eigenvalue weighted by Crippen LogP contribution is 2.26. The van der Waals surface area contributed by atoms with Crippen LogP contribution in [0.5, 0.6) is 5.75 Å². The number of ether oxygens (including phenoxy) is 1. The SMILES string of the molecule is CC(C)(N)c1nc(-c2ccc(OC(F)(F)F)cc2)c[nH]1. The Morgan fingerprint density at radius 2 is 1.75 bits per heavy atom. The average Bonchev–Trinajstić information content (AvgIpc) is 2.76. The van der Waals surface area contributed by atoms with Crippen LogP contribution in [0.4, 0.5) is 13.2 Å². The summed E-state index contributed by atoms with van der Waals surface area (Å²) in [4.78, 5) is 7.26. The van der Waals surface area contributed by atoms with Crippen molar-refractivity contribution < 1.29 is 17.9 Å². The van der Waals surface area contributed by atoms with E-state index in [0.29, 0.717) is 17.1 Å². The molecule has 2 aromatic rings. The van der Waals surface area contributed by atoms with Gasteiger partial charge in [0, 0.05) is 11.8 Å². The Kier molecular flexibility index (Phi) is 3.47. The molecule has 0 spiro atoms. The number of nitrogens with two attached hydrogens (primary N) is 1. The van der Waals surface area contributed by atoms with E-state index in [1.807, 2.05) is 0 Å². The second-order valence-corrected chi connectivity index (χ2v) is 4.93. The van der Waals surface area contributed by atoms with Gasteiger partial charge in [0.15, 0.2) is 0 Å². The van der Waals surface area contributed by atoms with E-state index in [-0.39, 0.29) is 5.75 Å². The van der Waals surface area contributed by atoms with E-state index >= 15 is 0 Å². The van der Waals surface area contributed by atoms with E-state index in [1.54, 1.807) is 20.0 Å². The summed E-state index contributed by atoms with van der Waals surface area (Å²) >= 11 is 0. The lowest BCUT2D eigenvalue weighted by Gasteiger charge is -2.14. The molecule has 1 heterocycles. The summed E-state index contributed by atoms with van der Waals surface area (Å²) in [5.41, 5.74) is 6.57. The van der Waals surface area contributed by atoms with Crippen molar-refractivity contribution in [1.82, 2.24) is 9.97 Å². The molecule has 0 saturated carbocycles. The van der Waals surface area contributed by atoms with Crippen LogP contribution in [0.2, 0.25) is 0 Å². The molecule has 1 aromatic heterocycles. The molecular formula is C13H14F3N3O. The van der Waals surface area contributed by atoms with E-state index < -0.39 is 11.9 Å². The lowest BCUT2D eigenvalue weighted by molar-refractivity contribution is -0.274. The van der Waals surface area contributed by atoms with E-state index in [1.165, 1.54) is 24.3 Å². The predicted molar refractivity (Wildman–Crippen MR) is 67.9 cm³/mol. The van der Waals surface area contributed by atoms with E-state index in [0.717, 1.165) is 0 Å². The standard InChI is InChI=1S/C13H14F3N3O/c1-12(2,17)11-18-7-10(19-11)8-3-5-9(6-4-8)20-13(14,15)16/h3-7H,17H2,1-2H3,(H,18,19). The van der Waals surface area contributed by atoms with Crippen molar-refractivity contribution >= 4 is 0 Å². The van der Waals surface area contributed by atoms with Gasteiger partial charge in [-0.1, -0.05) is 0 Å². The van der Waals surface area contributed by atoms with Crippen LogP contribution in [0.1, 0.15) is 19.7 Å². The molecule has 4 nitrogen and oxygen atoms in total. The molecular weight excluding hydrogens is 271 g/mol. The topological polar surface area (TPSA) is 63.9 Å². The molecule has 0 fully saturated rings. The first-order chi connectivity index (χ1) is 9.15. The maximum atomic E-state index is 12.0. The number of hydrogen-bond acceptors (Lipinski definition) is 3. The van der Waals surface area contributed by atoms with E-state index in [9.17, 15) is 13.2 Å². The Labute approximate surface area is 113 Å². The minimum Gasteiger partial charge on any atom is -0.406 e. The van der Waals surface area contributed by atoms with Gasteiger partial charge in [-0.15, -0.1) is 13.2 Å². The highest BCUT2D eigenvalue weighted by atomic mass is 19.4. The number of rotatable bonds is 3. The molecule has 2 rings (SSSR count). The van der Waals surface area contributed by atoms with Crippen molar-refractivity contribution in [3.63, 3.8) is 0 Å². The first-order valence-electron chi connectivity index (χ1n) is 5.86. The summed E-state index contributed by atoms with van der Waals surface area (Å²) in [6.45, 7) is 3.60. The second-order valence-electron chi connectivity index (χ2n) is 4.93. The number of halogens is 3.